The predicted molar refractivity (Wildman–Crippen MR) is 77.2 cm³/mol. The first-order valence-electron chi connectivity index (χ1n) is 6.55. The van der Waals surface area contributed by atoms with Crippen molar-refractivity contribution < 1.29 is 19.7 Å². The third kappa shape index (κ3) is 4.59. The van der Waals surface area contributed by atoms with Gasteiger partial charge in [0, 0.05) is 0 Å². The van der Waals surface area contributed by atoms with E-state index in [2.05, 4.69) is 5.32 Å². The fourth-order valence-corrected chi connectivity index (χ4v) is 1.88. The van der Waals surface area contributed by atoms with Crippen molar-refractivity contribution in [1.29, 1.82) is 0 Å². The summed E-state index contributed by atoms with van der Waals surface area (Å²) in [7, 11) is 0. The molecule has 3 N–H and O–H groups in total. The maximum atomic E-state index is 11.7. The largest absolute Gasteiger partial charge is 0.445 e. The normalized spacial score (nSPS) is 12.0. The number of benzene rings is 2. The monoisotopic (exact) mass is 287 g/mol. The highest BCUT2D eigenvalue weighted by Crippen LogP contribution is 2.15. The summed E-state index contributed by atoms with van der Waals surface area (Å²) in [4.78, 5) is 11.7. The molecule has 2 aromatic carbocycles. The van der Waals surface area contributed by atoms with Crippen molar-refractivity contribution in [3.8, 4) is 0 Å². The van der Waals surface area contributed by atoms with Crippen molar-refractivity contribution in [2.45, 2.75) is 18.9 Å². The van der Waals surface area contributed by atoms with E-state index >= 15 is 0 Å². The maximum Gasteiger partial charge on any atom is 0.408 e. The van der Waals surface area contributed by atoms with Crippen LogP contribution in [0.5, 0.6) is 0 Å². The molecule has 5 nitrogen and oxygen atoms in total. The zero-order valence-electron chi connectivity index (χ0n) is 11.3. The van der Waals surface area contributed by atoms with Gasteiger partial charge in [0.05, 0.1) is 0 Å². The molecule has 2 rings (SSSR count). The number of ether oxygens (including phenoxy) is 1. The fourth-order valence-electron chi connectivity index (χ4n) is 1.88. The number of rotatable bonds is 5. The van der Waals surface area contributed by atoms with E-state index in [9.17, 15) is 15.0 Å². The molecule has 0 aliphatic heterocycles. The van der Waals surface area contributed by atoms with Crippen LogP contribution in [0.4, 0.5) is 4.79 Å². The van der Waals surface area contributed by atoms with Crippen LogP contribution in [0.1, 0.15) is 17.2 Å². The van der Waals surface area contributed by atoms with Crippen LogP contribution in [0.2, 0.25) is 0 Å². The van der Waals surface area contributed by atoms with Gasteiger partial charge < -0.3 is 20.3 Å². The van der Waals surface area contributed by atoms with E-state index in [1.807, 2.05) is 30.3 Å². The number of aliphatic hydroxyl groups excluding tert-OH is 1. The fraction of sp³-hybridized carbons (Fsp3) is 0.188. The quantitative estimate of drug-likeness (QED) is 0.735. The maximum absolute atomic E-state index is 11.7. The lowest BCUT2D eigenvalue weighted by Crippen LogP contribution is -2.36. The summed E-state index contributed by atoms with van der Waals surface area (Å²) in [6.45, 7) is 0.121. The van der Waals surface area contributed by atoms with E-state index in [4.69, 9.17) is 4.74 Å². The minimum atomic E-state index is -1.71. The lowest BCUT2D eigenvalue weighted by atomic mass is 10.1. The summed E-state index contributed by atoms with van der Waals surface area (Å²) in [5.41, 5.74) is 1.44. The molecule has 0 unspecified atom stereocenters. The zero-order chi connectivity index (χ0) is 15.1. The van der Waals surface area contributed by atoms with Gasteiger partial charge in [0.1, 0.15) is 12.6 Å². The summed E-state index contributed by atoms with van der Waals surface area (Å²) < 4.78 is 5.06. The topological polar surface area (TPSA) is 78.8 Å². The van der Waals surface area contributed by atoms with Gasteiger partial charge in [0.15, 0.2) is 6.29 Å². The molecule has 0 spiro atoms. The molecule has 0 fully saturated rings. The van der Waals surface area contributed by atoms with Crippen molar-refractivity contribution in [3.63, 3.8) is 0 Å². The van der Waals surface area contributed by atoms with E-state index in [1.54, 1.807) is 30.3 Å². The summed E-state index contributed by atoms with van der Waals surface area (Å²) in [6, 6.07) is 17.0. The highest BCUT2D eigenvalue weighted by atomic mass is 16.5. The first-order valence-corrected chi connectivity index (χ1v) is 6.55. The van der Waals surface area contributed by atoms with Gasteiger partial charge in [-0.25, -0.2) is 4.79 Å². The molecule has 5 heteroatoms. The van der Waals surface area contributed by atoms with Gasteiger partial charge in [-0.15, -0.1) is 0 Å². The summed E-state index contributed by atoms with van der Waals surface area (Å²) in [6.07, 6.45) is -2.42. The lowest BCUT2D eigenvalue weighted by molar-refractivity contribution is -0.0674. The number of nitrogens with one attached hydrogen (secondary N) is 1. The van der Waals surface area contributed by atoms with E-state index in [0.717, 1.165) is 5.56 Å². The van der Waals surface area contributed by atoms with Crippen LogP contribution in [0.3, 0.4) is 0 Å². The smallest absolute Gasteiger partial charge is 0.408 e. The van der Waals surface area contributed by atoms with Crippen LogP contribution in [0.25, 0.3) is 0 Å². The minimum Gasteiger partial charge on any atom is -0.445 e. The van der Waals surface area contributed by atoms with Gasteiger partial charge in [0.25, 0.3) is 0 Å². The van der Waals surface area contributed by atoms with E-state index in [0.29, 0.717) is 5.56 Å². The molecule has 0 aliphatic carbocycles. The molecule has 0 radical (unpaired) electrons. The molecule has 0 aliphatic rings. The van der Waals surface area contributed by atoms with Crippen LogP contribution >= 0.6 is 0 Å². The molecule has 1 atom stereocenters. The van der Waals surface area contributed by atoms with Crippen molar-refractivity contribution in [2.24, 2.45) is 0 Å². The van der Waals surface area contributed by atoms with Crippen LogP contribution < -0.4 is 5.32 Å². The summed E-state index contributed by atoms with van der Waals surface area (Å²) in [5, 5.41) is 21.2. The van der Waals surface area contributed by atoms with Crippen LogP contribution in [-0.2, 0) is 11.3 Å². The first kappa shape index (κ1) is 15.0. The van der Waals surface area contributed by atoms with Gasteiger partial charge in [-0.05, 0) is 11.1 Å². The van der Waals surface area contributed by atoms with Gasteiger partial charge in [0.2, 0.25) is 0 Å². The van der Waals surface area contributed by atoms with Crippen molar-refractivity contribution in [3.05, 3.63) is 71.8 Å². The SMILES string of the molecule is O=C(N[C@@H](c1ccccc1)C(O)O)OCc1ccccc1. The van der Waals surface area contributed by atoms with Crippen LogP contribution in [-0.4, -0.2) is 22.6 Å². The Labute approximate surface area is 122 Å². The van der Waals surface area contributed by atoms with E-state index in [1.165, 1.54) is 0 Å². The third-order valence-electron chi connectivity index (χ3n) is 2.94. The molecular formula is C16H17NO4. The second-order valence-corrected chi connectivity index (χ2v) is 4.51. The van der Waals surface area contributed by atoms with Gasteiger partial charge in [-0.3, -0.25) is 0 Å². The average molecular weight is 287 g/mol. The van der Waals surface area contributed by atoms with Crippen LogP contribution in [0.15, 0.2) is 60.7 Å². The Morgan fingerprint density at radius 2 is 1.57 bits per heavy atom. The van der Waals surface area contributed by atoms with Crippen molar-refractivity contribution in [2.75, 3.05) is 0 Å². The third-order valence-corrected chi connectivity index (χ3v) is 2.94. The second-order valence-electron chi connectivity index (χ2n) is 4.51. The average Bonchev–Trinajstić information content (AvgIpc) is 2.52. The Hall–Kier alpha value is -2.37. The molecular weight excluding hydrogens is 270 g/mol. The highest BCUT2D eigenvalue weighted by molar-refractivity contribution is 5.68. The number of alkyl carbamates (subject to hydrolysis) is 1. The van der Waals surface area contributed by atoms with Crippen molar-refractivity contribution >= 4 is 6.09 Å². The van der Waals surface area contributed by atoms with Gasteiger partial charge >= 0.3 is 6.09 Å². The number of aliphatic hydroxyl groups is 2. The highest BCUT2D eigenvalue weighted by Gasteiger charge is 2.21. The molecule has 0 heterocycles. The van der Waals surface area contributed by atoms with Crippen LogP contribution in [0, 0.1) is 0 Å². The Morgan fingerprint density at radius 3 is 2.14 bits per heavy atom. The molecule has 0 saturated heterocycles. The summed E-state index contributed by atoms with van der Waals surface area (Å²) in [5.74, 6) is 0. The molecule has 21 heavy (non-hydrogen) atoms. The number of hydrogen-bond donors (Lipinski definition) is 3. The zero-order valence-corrected chi connectivity index (χ0v) is 11.3. The van der Waals surface area contributed by atoms with E-state index in [-0.39, 0.29) is 6.61 Å². The number of carbonyl (C=O) groups excluding carboxylic acids is 1. The minimum absolute atomic E-state index is 0.121. The Balaban J connectivity index is 1.93. The van der Waals surface area contributed by atoms with Gasteiger partial charge in [-0.1, -0.05) is 60.7 Å². The number of carbonyl (C=O) groups is 1. The number of amides is 1. The summed E-state index contributed by atoms with van der Waals surface area (Å²) >= 11 is 0. The molecule has 0 saturated carbocycles. The lowest BCUT2D eigenvalue weighted by Gasteiger charge is -2.20. The van der Waals surface area contributed by atoms with Crippen molar-refractivity contribution in [1.82, 2.24) is 5.32 Å². The molecule has 0 aromatic heterocycles. The second kappa shape index (κ2) is 7.42. The molecule has 0 bridgehead atoms. The van der Waals surface area contributed by atoms with E-state index < -0.39 is 18.4 Å². The molecule has 1 amide bonds. The Kier molecular flexibility index (Phi) is 5.31. The molecule has 110 valence electrons. The number of hydrogen-bond acceptors (Lipinski definition) is 4. The standard InChI is InChI=1S/C16H17NO4/c18-15(19)14(13-9-5-2-6-10-13)17-16(20)21-11-12-7-3-1-4-8-12/h1-10,14-15,18-19H,11H2,(H,17,20)/t14-/m0/s1. The Bertz CT molecular complexity index is 557. The predicted octanol–water partition coefficient (Wildman–Crippen LogP) is 1.96. The molecule has 2 aromatic rings. The van der Waals surface area contributed by atoms with Gasteiger partial charge in [-0.2, -0.15) is 0 Å². The Morgan fingerprint density at radius 1 is 1.00 bits per heavy atom. The first-order chi connectivity index (χ1) is 10.2.